The summed E-state index contributed by atoms with van der Waals surface area (Å²) in [6, 6.07) is 5.10. The van der Waals surface area contributed by atoms with Gasteiger partial charge in [0.25, 0.3) is 0 Å². The number of halogens is 2. The predicted molar refractivity (Wildman–Crippen MR) is 73.2 cm³/mol. The number of aryl methyl sites for hydroxylation is 2. The van der Waals surface area contributed by atoms with Crippen LogP contribution in [0, 0.1) is 6.92 Å². The second-order valence-electron chi connectivity index (χ2n) is 3.94. The molecule has 4 nitrogen and oxygen atoms in total. The lowest BCUT2D eigenvalue weighted by atomic mass is 10.3. The lowest BCUT2D eigenvalue weighted by Crippen LogP contribution is -2.04. The van der Waals surface area contributed by atoms with Gasteiger partial charge in [-0.2, -0.15) is 5.10 Å². The second kappa shape index (κ2) is 5.08. The SMILES string of the molecule is Cc1nn(C)c(COc2ccc(Cl)cc2N)c1Cl. The van der Waals surface area contributed by atoms with Crippen LogP contribution in [-0.2, 0) is 13.7 Å². The summed E-state index contributed by atoms with van der Waals surface area (Å²) in [7, 11) is 1.82. The van der Waals surface area contributed by atoms with E-state index in [0.29, 0.717) is 28.1 Å². The van der Waals surface area contributed by atoms with Gasteiger partial charge in [0, 0.05) is 12.1 Å². The van der Waals surface area contributed by atoms with Crippen LogP contribution in [0.2, 0.25) is 10.0 Å². The van der Waals surface area contributed by atoms with Crippen molar-refractivity contribution in [2.24, 2.45) is 7.05 Å². The average molecular weight is 286 g/mol. The molecule has 0 saturated carbocycles. The number of hydrogen-bond acceptors (Lipinski definition) is 3. The molecule has 0 radical (unpaired) electrons. The molecule has 2 N–H and O–H groups in total. The molecule has 0 aliphatic carbocycles. The summed E-state index contributed by atoms with van der Waals surface area (Å²) in [4.78, 5) is 0. The predicted octanol–water partition coefficient (Wildman–Crippen LogP) is 3.20. The van der Waals surface area contributed by atoms with E-state index in [1.165, 1.54) is 0 Å². The van der Waals surface area contributed by atoms with Gasteiger partial charge in [0.2, 0.25) is 0 Å². The van der Waals surface area contributed by atoms with E-state index in [0.717, 1.165) is 11.4 Å². The number of aromatic nitrogens is 2. The first-order valence-electron chi connectivity index (χ1n) is 5.35. The Labute approximate surface area is 115 Å². The maximum Gasteiger partial charge on any atom is 0.142 e. The molecule has 1 heterocycles. The normalized spacial score (nSPS) is 10.7. The third-order valence-corrected chi connectivity index (χ3v) is 3.32. The van der Waals surface area contributed by atoms with E-state index in [-0.39, 0.29) is 0 Å². The van der Waals surface area contributed by atoms with Crippen LogP contribution in [-0.4, -0.2) is 9.78 Å². The molecule has 0 aliphatic rings. The number of nitrogen functional groups attached to an aromatic ring is 1. The molecule has 1 aromatic heterocycles. The zero-order chi connectivity index (χ0) is 13.3. The van der Waals surface area contributed by atoms with Gasteiger partial charge >= 0.3 is 0 Å². The lowest BCUT2D eigenvalue weighted by molar-refractivity contribution is 0.296. The summed E-state index contributed by atoms with van der Waals surface area (Å²) in [5.74, 6) is 0.578. The Balaban J connectivity index is 2.16. The first-order valence-corrected chi connectivity index (χ1v) is 6.10. The van der Waals surface area contributed by atoms with Crippen molar-refractivity contribution in [2.75, 3.05) is 5.73 Å². The topological polar surface area (TPSA) is 53.1 Å². The Morgan fingerprint density at radius 1 is 1.39 bits per heavy atom. The molecule has 0 fully saturated rings. The fourth-order valence-electron chi connectivity index (χ4n) is 1.63. The maximum atomic E-state index is 6.13. The van der Waals surface area contributed by atoms with Crippen molar-refractivity contribution >= 4 is 28.9 Å². The molecule has 6 heteroatoms. The summed E-state index contributed by atoms with van der Waals surface area (Å²) in [5, 5.41) is 5.41. The highest BCUT2D eigenvalue weighted by atomic mass is 35.5. The molecule has 18 heavy (non-hydrogen) atoms. The van der Waals surface area contributed by atoms with E-state index < -0.39 is 0 Å². The molecule has 1 aromatic carbocycles. The minimum atomic E-state index is 0.308. The molecular weight excluding hydrogens is 273 g/mol. The van der Waals surface area contributed by atoms with E-state index in [2.05, 4.69) is 5.10 Å². The summed E-state index contributed by atoms with van der Waals surface area (Å²) in [5.41, 5.74) is 7.89. The van der Waals surface area contributed by atoms with Crippen molar-refractivity contribution in [3.8, 4) is 5.75 Å². The van der Waals surface area contributed by atoms with Crippen LogP contribution >= 0.6 is 23.2 Å². The Morgan fingerprint density at radius 2 is 2.11 bits per heavy atom. The molecular formula is C12H13Cl2N3O. The van der Waals surface area contributed by atoms with Gasteiger partial charge in [-0.05, 0) is 25.1 Å². The van der Waals surface area contributed by atoms with Crippen LogP contribution in [0.1, 0.15) is 11.4 Å². The number of ether oxygens (including phenoxy) is 1. The van der Waals surface area contributed by atoms with E-state index >= 15 is 0 Å². The van der Waals surface area contributed by atoms with Crippen LogP contribution in [0.4, 0.5) is 5.69 Å². The van der Waals surface area contributed by atoms with Crippen LogP contribution < -0.4 is 10.5 Å². The van der Waals surface area contributed by atoms with Gasteiger partial charge in [-0.1, -0.05) is 23.2 Å². The van der Waals surface area contributed by atoms with Crippen molar-refractivity contribution in [3.05, 3.63) is 39.6 Å². The first-order chi connectivity index (χ1) is 8.49. The minimum absolute atomic E-state index is 0.308. The molecule has 0 aliphatic heterocycles. The van der Waals surface area contributed by atoms with Crippen molar-refractivity contribution < 1.29 is 4.74 Å². The van der Waals surface area contributed by atoms with Crippen LogP contribution in [0.25, 0.3) is 0 Å². The number of nitrogens with two attached hydrogens (primary N) is 1. The monoisotopic (exact) mass is 285 g/mol. The van der Waals surface area contributed by atoms with E-state index in [1.54, 1.807) is 22.9 Å². The zero-order valence-corrected chi connectivity index (χ0v) is 11.6. The maximum absolute atomic E-state index is 6.13. The van der Waals surface area contributed by atoms with E-state index in [9.17, 15) is 0 Å². The molecule has 0 atom stereocenters. The molecule has 0 saturated heterocycles. The second-order valence-corrected chi connectivity index (χ2v) is 4.75. The van der Waals surface area contributed by atoms with Crippen LogP contribution in [0.15, 0.2) is 18.2 Å². The molecule has 2 rings (SSSR count). The van der Waals surface area contributed by atoms with Gasteiger partial charge in [-0.3, -0.25) is 4.68 Å². The fraction of sp³-hybridized carbons (Fsp3) is 0.250. The smallest absolute Gasteiger partial charge is 0.142 e. The Kier molecular flexibility index (Phi) is 3.68. The van der Waals surface area contributed by atoms with Crippen molar-refractivity contribution in [2.45, 2.75) is 13.5 Å². The van der Waals surface area contributed by atoms with Gasteiger partial charge in [0.05, 0.1) is 22.1 Å². The molecule has 0 amide bonds. The molecule has 96 valence electrons. The molecule has 0 bridgehead atoms. The van der Waals surface area contributed by atoms with Crippen molar-refractivity contribution in [3.63, 3.8) is 0 Å². The highest BCUT2D eigenvalue weighted by molar-refractivity contribution is 6.31. The number of hydrogen-bond donors (Lipinski definition) is 1. The van der Waals surface area contributed by atoms with Crippen molar-refractivity contribution in [1.29, 1.82) is 0 Å². The van der Waals surface area contributed by atoms with Gasteiger partial charge in [-0.15, -0.1) is 0 Å². The van der Waals surface area contributed by atoms with Gasteiger partial charge in [-0.25, -0.2) is 0 Å². The zero-order valence-electron chi connectivity index (χ0n) is 10.1. The lowest BCUT2D eigenvalue weighted by Gasteiger charge is -2.09. The number of anilines is 1. The Bertz CT molecular complexity index is 581. The van der Waals surface area contributed by atoms with Gasteiger partial charge in [0.15, 0.2) is 0 Å². The number of rotatable bonds is 3. The first kappa shape index (κ1) is 13.1. The van der Waals surface area contributed by atoms with Gasteiger partial charge in [0.1, 0.15) is 12.4 Å². The largest absolute Gasteiger partial charge is 0.485 e. The standard InChI is InChI=1S/C12H13Cl2N3O/c1-7-12(14)10(17(2)16-7)6-18-11-4-3-8(13)5-9(11)15/h3-5H,6,15H2,1-2H3. The summed E-state index contributed by atoms with van der Waals surface area (Å²) in [6.45, 7) is 2.16. The summed E-state index contributed by atoms with van der Waals surface area (Å²) < 4.78 is 7.32. The molecule has 0 spiro atoms. The highest BCUT2D eigenvalue weighted by Crippen LogP contribution is 2.27. The van der Waals surface area contributed by atoms with Crippen LogP contribution in [0.5, 0.6) is 5.75 Å². The Hall–Kier alpha value is -1.39. The third kappa shape index (κ3) is 2.54. The fourth-order valence-corrected chi connectivity index (χ4v) is 2.03. The van der Waals surface area contributed by atoms with E-state index in [1.807, 2.05) is 14.0 Å². The minimum Gasteiger partial charge on any atom is -0.485 e. The molecule has 2 aromatic rings. The molecule has 0 unspecified atom stereocenters. The summed E-state index contributed by atoms with van der Waals surface area (Å²) >= 11 is 11.9. The number of nitrogens with zero attached hydrogens (tertiary/aromatic N) is 2. The van der Waals surface area contributed by atoms with Gasteiger partial charge < -0.3 is 10.5 Å². The number of benzene rings is 1. The van der Waals surface area contributed by atoms with Crippen molar-refractivity contribution in [1.82, 2.24) is 9.78 Å². The highest BCUT2D eigenvalue weighted by Gasteiger charge is 2.12. The Morgan fingerprint density at radius 3 is 2.67 bits per heavy atom. The average Bonchev–Trinajstić information content (AvgIpc) is 2.53. The summed E-state index contributed by atoms with van der Waals surface area (Å²) in [6.07, 6.45) is 0. The van der Waals surface area contributed by atoms with E-state index in [4.69, 9.17) is 33.7 Å². The third-order valence-electron chi connectivity index (χ3n) is 2.60. The quantitative estimate of drug-likeness (QED) is 0.881. The van der Waals surface area contributed by atoms with Crippen LogP contribution in [0.3, 0.4) is 0 Å².